The van der Waals surface area contributed by atoms with Gasteiger partial charge in [-0.3, -0.25) is 5.10 Å². The van der Waals surface area contributed by atoms with Gasteiger partial charge in [-0.2, -0.15) is 5.10 Å². The molecule has 0 radical (unpaired) electrons. The number of nitrogens with two attached hydrogens (primary N) is 2. The average Bonchev–Trinajstić information content (AvgIpc) is 2.77. The lowest BCUT2D eigenvalue weighted by molar-refractivity contribution is 0.773. The van der Waals surface area contributed by atoms with Crippen LogP contribution in [0.5, 0.6) is 0 Å². The predicted octanol–water partition coefficient (Wildman–Crippen LogP) is 2.46. The lowest BCUT2D eigenvalue weighted by Gasteiger charge is -2.05. The number of nitrogen functional groups attached to an aromatic ring is 1. The largest absolute Gasteiger partial charge is 0.382 e. The Hall–Kier alpha value is -1.81. The van der Waals surface area contributed by atoms with Crippen molar-refractivity contribution in [1.82, 2.24) is 10.2 Å². The third-order valence-electron chi connectivity index (χ3n) is 3.13. The van der Waals surface area contributed by atoms with Crippen LogP contribution in [0.2, 0.25) is 0 Å². The standard InChI is InChI=1S/C14H20N4/c1-2-3-4-12-13(14(16)18-17-12)11-7-5-10(9-15)6-8-11/h5-8H,2-4,9,15H2,1H3,(H3,16,17,18). The van der Waals surface area contributed by atoms with E-state index in [4.69, 9.17) is 11.5 Å². The molecule has 4 nitrogen and oxygen atoms in total. The number of hydrogen-bond donors (Lipinski definition) is 3. The maximum absolute atomic E-state index is 5.95. The minimum atomic E-state index is 0.559. The fourth-order valence-electron chi connectivity index (χ4n) is 2.06. The van der Waals surface area contributed by atoms with Crippen molar-refractivity contribution in [3.05, 3.63) is 35.5 Å². The van der Waals surface area contributed by atoms with Crippen LogP contribution < -0.4 is 11.5 Å². The Balaban J connectivity index is 2.32. The zero-order valence-corrected chi connectivity index (χ0v) is 10.7. The summed E-state index contributed by atoms with van der Waals surface area (Å²) in [5, 5.41) is 7.15. The molecular weight excluding hydrogens is 224 g/mol. The van der Waals surface area contributed by atoms with Crippen LogP contribution in [0.1, 0.15) is 31.0 Å². The van der Waals surface area contributed by atoms with Crippen molar-refractivity contribution < 1.29 is 0 Å². The molecule has 0 unspecified atom stereocenters. The van der Waals surface area contributed by atoms with E-state index in [1.807, 2.05) is 12.1 Å². The van der Waals surface area contributed by atoms with Gasteiger partial charge in [-0.25, -0.2) is 0 Å². The summed E-state index contributed by atoms with van der Waals surface area (Å²) in [6.45, 7) is 2.74. The zero-order chi connectivity index (χ0) is 13.0. The number of nitrogens with one attached hydrogen (secondary N) is 1. The molecule has 0 spiro atoms. The fraction of sp³-hybridized carbons (Fsp3) is 0.357. The molecule has 0 fully saturated rings. The van der Waals surface area contributed by atoms with E-state index in [1.54, 1.807) is 0 Å². The average molecular weight is 244 g/mol. The first-order valence-corrected chi connectivity index (χ1v) is 6.38. The number of hydrogen-bond acceptors (Lipinski definition) is 3. The van der Waals surface area contributed by atoms with Gasteiger partial charge >= 0.3 is 0 Å². The highest BCUT2D eigenvalue weighted by molar-refractivity contribution is 5.76. The van der Waals surface area contributed by atoms with Crippen molar-refractivity contribution in [2.75, 3.05) is 5.73 Å². The molecule has 96 valence electrons. The monoisotopic (exact) mass is 244 g/mol. The van der Waals surface area contributed by atoms with Crippen LogP contribution in [0.3, 0.4) is 0 Å². The second-order valence-electron chi connectivity index (χ2n) is 4.47. The molecule has 0 bridgehead atoms. The first kappa shape index (κ1) is 12.6. The van der Waals surface area contributed by atoms with E-state index in [-0.39, 0.29) is 0 Å². The molecule has 0 amide bonds. The minimum Gasteiger partial charge on any atom is -0.382 e. The first-order chi connectivity index (χ1) is 8.76. The quantitative estimate of drug-likeness (QED) is 0.755. The number of nitrogens with zero attached hydrogens (tertiary/aromatic N) is 1. The van der Waals surface area contributed by atoms with Gasteiger partial charge in [0.25, 0.3) is 0 Å². The minimum absolute atomic E-state index is 0.559. The van der Waals surface area contributed by atoms with Gasteiger partial charge in [0.15, 0.2) is 5.82 Å². The fourth-order valence-corrected chi connectivity index (χ4v) is 2.06. The van der Waals surface area contributed by atoms with E-state index in [0.29, 0.717) is 12.4 Å². The van der Waals surface area contributed by atoms with E-state index in [1.165, 1.54) is 0 Å². The van der Waals surface area contributed by atoms with Gasteiger partial charge in [0.1, 0.15) is 0 Å². The van der Waals surface area contributed by atoms with Gasteiger partial charge < -0.3 is 11.5 Å². The molecule has 0 aliphatic heterocycles. The Morgan fingerprint density at radius 3 is 2.56 bits per heavy atom. The Morgan fingerprint density at radius 2 is 1.94 bits per heavy atom. The molecule has 0 aliphatic carbocycles. The predicted molar refractivity (Wildman–Crippen MR) is 74.9 cm³/mol. The van der Waals surface area contributed by atoms with Gasteiger partial charge in [0.05, 0.1) is 0 Å². The second-order valence-corrected chi connectivity index (χ2v) is 4.47. The summed E-state index contributed by atoms with van der Waals surface area (Å²) in [7, 11) is 0. The number of aromatic amines is 1. The Labute approximate surface area is 107 Å². The topological polar surface area (TPSA) is 80.7 Å². The molecule has 0 saturated heterocycles. The number of anilines is 1. The summed E-state index contributed by atoms with van der Waals surface area (Å²) in [5.74, 6) is 0.571. The van der Waals surface area contributed by atoms with Crippen molar-refractivity contribution in [3.63, 3.8) is 0 Å². The van der Waals surface area contributed by atoms with Crippen LogP contribution in [-0.4, -0.2) is 10.2 Å². The summed E-state index contributed by atoms with van der Waals surface area (Å²) in [4.78, 5) is 0. The Bertz CT molecular complexity index is 499. The summed E-state index contributed by atoms with van der Waals surface area (Å²) < 4.78 is 0. The number of H-pyrrole nitrogens is 1. The van der Waals surface area contributed by atoms with Crippen LogP contribution in [0.15, 0.2) is 24.3 Å². The van der Waals surface area contributed by atoms with Crippen LogP contribution in [0.4, 0.5) is 5.82 Å². The van der Waals surface area contributed by atoms with Gasteiger partial charge in [-0.05, 0) is 24.0 Å². The molecular formula is C14H20N4. The van der Waals surface area contributed by atoms with E-state index in [0.717, 1.165) is 41.6 Å². The molecule has 1 heterocycles. The number of aryl methyl sites for hydroxylation is 1. The number of rotatable bonds is 5. The van der Waals surface area contributed by atoms with Crippen molar-refractivity contribution in [1.29, 1.82) is 0 Å². The van der Waals surface area contributed by atoms with E-state index in [9.17, 15) is 0 Å². The third-order valence-corrected chi connectivity index (χ3v) is 3.13. The van der Waals surface area contributed by atoms with Crippen molar-refractivity contribution >= 4 is 5.82 Å². The molecule has 0 atom stereocenters. The summed E-state index contributed by atoms with van der Waals surface area (Å²) in [6.07, 6.45) is 3.27. The molecule has 2 aromatic rings. The summed E-state index contributed by atoms with van der Waals surface area (Å²) in [6, 6.07) is 8.18. The smallest absolute Gasteiger partial charge is 0.153 e. The summed E-state index contributed by atoms with van der Waals surface area (Å²) >= 11 is 0. The second kappa shape index (κ2) is 5.69. The lowest BCUT2D eigenvalue weighted by Crippen LogP contribution is -1.96. The zero-order valence-electron chi connectivity index (χ0n) is 10.7. The number of benzene rings is 1. The van der Waals surface area contributed by atoms with Crippen molar-refractivity contribution in [2.24, 2.45) is 5.73 Å². The van der Waals surface area contributed by atoms with Gasteiger partial charge in [0, 0.05) is 17.8 Å². The highest BCUT2D eigenvalue weighted by atomic mass is 15.2. The number of aromatic nitrogens is 2. The Morgan fingerprint density at radius 1 is 1.22 bits per heavy atom. The van der Waals surface area contributed by atoms with Gasteiger partial charge in [-0.15, -0.1) is 0 Å². The normalized spacial score (nSPS) is 10.8. The Kier molecular flexibility index (Phi) is 3.99. The molecule has 0 saturated carbocycles. The van der Waals surface area contributed by atoms with Crippen molar-refractivity contribution in [2.45, 2.75) is 32.7 Å². The highest BCUT2D eigenvalue weighted by Crippen LogP contribution is 2.29. The highest BCUT2D eigenvalue weighted by Gasteiger charge is 2.12. The first-order valence-electron chi connectivity index (χ1n) is 6.38. The van der Waals surface area contributed by atoms with Crippen LogP contribution in [0.25, 0.3) is 11.1 Å². The molecule has 0 aliphatic rings. The molecule has 18 heavy (non-hydrogen) atoms. The molecule has 4 heteroatoms. The van der Waals surface area contributed by atoms with Crippen LogP contribution >= 0.6 is 0 Å². The summed E-state index contributed by atoms with van der Waals surface area (Å²) in [5.41, 5.74) is 15.9. The van der Waals surface area contributed by atoms with E-state index < -0.39 is 0 Å². The molecule has 1 aromatic heterocycles. The van der Waals surface area contributed by atoms with Gasteiger partial charge in [0.2, 0.25) is 0 Å². The SMILES string of the molecule is CCCCc1[nH]nc(N)c1-c1ccc(CN)cc1. The van der Waals surface area contributed by atoms with E-state index >= 15 is 0 Å². The van der Waals surface area contributed by atoms with E-state index in [2.05, 4.69) is 29.3 Å². The van der Waals surface area contributed by atoms with Crippen LogP contribution in [-0.2, 0) is 13.0 Å². The maximum Gasteiger partial charge on any atom is 0.153 e. The van der Waals surface area contributed by atoms with Crippen LogP contribution in [0, 0.1) is 0 Å². The lowest BCUT2D eigenvalue weighted by atomic mass is 10.0. The molecule has 5 N–H and O–H groups in total. The molecule has 2 rings (SSSR count). The molecule has 1 aromatic carbocycles. The third kappa shape index (κ3) is 2.54. The van der Waals surface area contributed by atoms with Gasteiger partial charge in [-0.1, -0.05) is 37.6 Å². The number of unbranched alkanes of at least 4 members (excludes halogenated alkanes) is 1. The van der Waals surface area contributed by atoms with Crippen molar-refractivity contribution in [3.8, 4) is 11.1 Å². The maximum atomic E-state index is 5.95.